The van der Waals surface area contributed by atoms with Crippen LogP contribution in [0, 0.1) is 5.82 Å². The van der Waals surface area contributed by atoms with Crippen LogP contribution in [0.25, 0.3) is 11.0 Å². The fraction of sp³-hybridized carbons (Fsp3) is 0.391. The van der Waals surface area contributed by atoms with Crippen molar-refractivity contribution in [2.24, 2.45) is 0 Å². The Balaban J connectivity index is 1.13. The first-order valence-electron chi connectivity index (χ1n) is 11.2. The van der Waals surface area contributed by atoms with Crippen LogP contribution < -0.4 is 20.3 Å². The van der Waals surface area contributed by atoms with E-state index in [4.69, 9.17) is 4.74 Å². The van der Waals surface area contributed by atoms with E-state index in [2.05, 4.69) is 30.5 Å². The third-order valence-corrected chi connectivity index (χ3v) is 7.00. The molecule has 5 heterocycles. The molecule has 0 spiro atoms. The summed E-state index contributed by atoms with van der Waals surface area (Å²) in [6.07, 6.45) is 1.26. The number of anilines is 2. The Kier molecular flexibility index (Phi) is 6.75. The molecule has 9 nitrogen and oxygen atoms in total. The van der Waals surface area contributed by atoms with Crippen molar-refractivity contribution in [2.45, 2.75) is 11.4 Å². The van der Waals surface area contributed by atoms with Gasteiger partial charge in [-0.3, -0.25) is 14.7 Å². The summed E-state index contributed by atoms with van der Waals surface area (Å²) in [7, 11) is 1.55. The number of thioether (sulfide) groups is 1. The van der Waals surface area contributed by atoms with Gasteiger partial charge in [0.15, 0.2) is 5.82 Å². The second kappa shape index (κ2) is 10.1. The van der Waals surface area contributed by atoms with Crippen molar-refractivity contribution in [2.75, 3.05) is 62.3 Å². The average Bonchev–Trinajstić information content (AvgIpc) is 2.86. The first-order valence-corrected chi connectivity index (χ1v) is 12.2. The van der Waals surface area contributed by atoms with Crippen molar-refractivity contribution in [1.29, 1.82) is 0 Å². The predicted octanol–water partition coefficient (Wildman–Crippen LogP) is 2.13. The summed E-state index contributed by atoms with van der Waals surface area (Å²) in [5, 5.41) is 6.25. The molecule has 0 aliphatic carbocycles. The molecule has 2 aliphatic heterocycles. The summed E-state index contributed by atoms with van der Waals surface area (Å²) in [6.45, 7) is 5.40. The summed E-state index contributed by atoms with van der Waals surface area (Å²) in [5.41, 5.74) is 2.57. The van der Waals surface area contributed by atoms with Crippen LogP contribution in [-0.2, 0) is 11.3 Å². The van der Waals surface area contributed by atoms with Crippen LogP contribution in [0.3, 0.4) is 0 Å². The van der Waals surface area contributed by atoms with E-state index in [0.29, 0.717) is 53.8 Å². The average molecular weight is 484 g/mol. The van der Waals surface area contributed by atoms with Crippen molar-refractivity contribution < 1.29 is 13.9 Å². The van der Waals surface area contributed by atoms with E-state index in [1.54, 1.807) is 19.2 Å². The summed E-state index contributed by atoms with van der Waals surface area (Å²) < 4.78 is 20.0. The number of aromatic nitrogens is 3. The molecule has 3 aromatic heterocycles. The molecule has 2 N–H and O–H groups in total. The molecule has 0 unspecified atom stereocenters. The first kappa shape index (κ1) is 22.8. The highest BCUT2D eigenvalue weighted by Gasteiger charge is 2.23. The molecule has 5 rings (SSSR count). The number of amides is 1. The monoisotopic (exact) mass is 483 g/mol. The highest BCUT2D eigenvalue weighted by Crippen LogP contribution is 2.30. The molecule has 34 heavy (non-hydrogen) atoms. The molecule has 0 aromatic carbocycles. The smallest absolute Gasteiger partial charge is 0.235 e. The van der Waals surface area contributed by atoms with Crippen molar-refractivity contribution in [3.8, 4) is 5.88 Å². The summed E-state index contributed by atoms with van der Waals surface area (Å²) in [6, 6.07) is 7.54. The standard InChI is InChI=1S/C23H26FN7O2S/c1-33-20-5-3-17-21(29-20)22(16(24)13-26-17)31-10-8-30(9-11-31)7-6-25-12-15-2-4-18-23(27-15)28-19(32)14-34-18/h2-5,13,25H,6-12,14H2,1H3,(H,27,28,32). The lowest BCUT2D eigenvalue weighted by Crippen LogP contribution is -2.48. The summed E-state index contributed by atoms with van der Waals surface area (Å²) >= 11 is 1.51. The molecule has 1 amide bonds. The lowest BCUT2D eigenvalue weighted by atomic mass is 10.2. The maximum Gasteiger partial charge on any atom is 0.235 e. The molecular formula is C23H26FN7O2S. The Bertz CT molecular complexity index is 1200. The maximum absolute atomic E-state index is 14.7. The molecular weight excluding hydrogens is 457 g/mol. The normalized spacial score (nSPS) is 16.4. The van der Waals surface area contributed by atoms with Crippen LogP contribution in [0.5, 0.6) is 5.88 Å². The van der Waals surface area contributed by atoms with E-state index in [9.17, 15) is 9.18 Å². The predicted molar refractivity (Wildman–Crippen MR) is 130 cm³/mol. The van der Waals surface area contributed by atoms with E-state index in [1.807, 2.05) is 17.0 Å². The number of ether oxygens (including phenoxy) is 1. The number of rotatable bonds is 7. The number of fused-ring (bicyclic) bond motifs is 2. The van der Waals surface area contributed by atoms with E-state index < -0.39 is 0 Å². The first-order chi connectivity index (χ1) is 16.6. The van der Waals surface area contributed by atoms with E-state index in [1.165, 1.54) is 18.0 Å². The molecule has 0 atom stereocenters. The highest BCUT2D eigenvalue weighted by molar-refractivity contribution is 8.00. The molecule has 178 valence electrons. The minimum Gasteiger partial charge on any atom is -0.481 e. The van der Waals surface area contributed by atoms with Gasteiger partial charge in [0, 0.05) is 51.9 Å². The minimum absolute atomic E-state index is 0.0104. The molecule has 0 bridgehead atoms. The van der Waals surface area contributed by atoms with E-state index >= 15 is 0 Å². The van der Waals surface area contributed by atoms with Crippen molar-refractivity contribution in [3.63, 3.8) is 0 Å². The van der Waals surface area contributed by atoms with E-state index in [-0.39, 0.29) is 11.7 Å². The quantitative estimate of drug-likeness (QED) is 0.490. The van der Waals surface area contributed by atoms with Crippen LogP contribution in [0.4, 0.5) is 15.9 Å². The van der Waals surface area contributed by atoms with Gasteiger partial charge in [-0.15, -0.1) is 11.8 Å². The number of carbonyl (C=O) groups excluding carboxylic acids is 1. The zero-order valence-electron chi connectivity index (χ0n) is 18.9. The largest absolute Gasteiger partial charge is 0.481 e. The summed E-state index contributed by atoms with van der Waals surface area (Å²) in [5.74, 6) is 1.16. The van der Waals surface area contributed by atoms with Crippen LogP contribution in [0.15, 0.2) is 35.4 Å². The summed E-state index contributed by atoms with van der Waals surface area (Å²) in [4.78, 5) is 30.1. The second-order valence-corrected chi connectivity index (χ2v) is 9.18. The fourth-order valence-electron chi connectivity index (χ4n) is 4.18. The SMILES string of the molecule is COc1ccc2ncc(F)c(N3CCN(CCNCc4ccc5c(n4)NC(=O)CS5)CC3)c2n1. The van der Waals surface area contributed by atoms with Crippen LogP contribution in [0.1, 0.15) is 5.69 Å². The molecule has 2 aliphatic rings. The third-order valence-electron chi connectivity index (χ3n) is 5.96. The van der Waals surface area contributed by atoms with Crippen LogP contribution in [-0.4, -0.2) is 77.9 Å². The number of hydrogen-bond donors (Lipinski definition) is 2. The van der Waals surface area contributed by atoms with Gasteiger partial charge < -0.3 is 20.3 Å². The number of hydrogen-bond acceptors (Lipinski definition) is 9. The molecule has 0 radical (unpaired) electrons. The zero-order valence-corrected chi connectivity index (χ0v) is 19.7. The number of carbonyl (C=O) groups is 1. The Morgan fingerprint density at radius 2 is 2.03 bits per heavy atom. The third kappa shape index (κ3) is 4.91. The van der Waals surface area contributed by atoms with Gasteiger partial charge in [0.1, 0.15) is 17.0 Å². The molecule has 0 saturated carbocycles. The van der Waals surface area contributed by atoms with Crippen LogP contribution in [0.2, 0.25) is 0 Å². The second-order valence-electron chi connectivity index (χ2n) is 8.17. The lowest BCUT2D eigenvalue weighted by Gasteiger charge is -2.36. The van der Waals surface area contributed by atoms with Gasteiger partial charge in [-0.25, -0.2) is 14.4 Å². The minimum atomic E-state index is -0.365. The Hall–Kier alpha value is -3.02. The van der Waals surface area contributed by atoms with Gasteiger partial charge in [-0.1, -0.05) is 0 Å². The van der Waals surface area contributed by atoms with Crippen molar-refractivity contribution >= 4 is 40.2 Å². The Morgan fingerprint density at radius 1 is 1.18 bits per heavy atom. The number of piperazine rings is 1. The van der Waals surface area contributed by atoms with Gasteiger partial charge in [0.05, 0.1) is 35.2 Å². The maximum atomic E-state index is 14.7. The number of nitrogens with one attached hydrogen (secondary N) is 2. The Morgan fingerprint density at radius 3 is 2.85 bits per heavy atom. The van der Waals surface area contributed by atoms with E-state index in [0.717, 1.165) is 36.8 Å². The molecule has 1 saturated heterocycles. The number of pyridine rings is 3. The number of nitrogens with zero attached hydrogens (tertiary/aromatic N) is 5. The fourth-order valence-corrected chi connectivity index (χ4v) is 4.94. The van der Waals surface area contributed by atoms with Gasteiger partial charge in [-0.05, 0) is 18.2 Å². The van der Waals surface area contributed by atoms with Gasteiger partial charge in [0.2, 0.25) is 11.8 Å². The Labute approximate surface area is 201 Å². The van der Waals surface area contributed by atoms with Gasteiger partial charge in [0.25, 0.3) is 0 Å². The number of halogens is 1. The van der Waals surface area contributed by atoms with Gasteiger partial charge >= 0.3 is 0 Å². The number of methoxy groups -OCH3 is 1. The molecule has 3 aromatic rings. The lowest BCUT2D eigenvalue weighted by molar-refractivity contribution is -0.113. The van der Waals surface area contributed by atoms with Crippen molar-refractivity contribution in [3.05, 3.63) is 42.0 Å². The molecule has 1 fully saturated rings. The highest BCUT2D eigenvalue weighted by atomic mass is 32.2. The van der Waals surface area contributed by atoms with Gasteiger partial charge in [-0.2, -0.15) is 0 Å². The topological polar surface area (TPSA) is 95.5 Å². The van der Waals surface area contributed by atoms with Crippen LogP contribution >= 0.6 is 11.8 Å². The van der Waals surface area contributed by atoms with Crippen molar-refractivity contribution in [1.82, 2.24) is 25.2 Å². The zero-order chi connectivity index (χ0) is 23.5. The molecule has 11 heteroatoms.